The van der Waals surface area contributed by atoms with Gasteiger partial charge in [0.05, 0.1) is 17.1 Å². The molecule has 1 N–H and O–H groups in total. The molecule has 0 radical (unpaired) electrons. The fraction of sp³-hybridized carbons (Fsp3) is 0.278. The highest BCUT2D eigenvalue weighted by Crippen LogP contribution is 2.29. The lowest BCUT2D eigenvalue weighted by atomic mass is 10.2. The zero-order valence-corrected chi connectivity index (χ0v) is 15.7. The molecule has 25 heavy (non-hydrogen) atoms. The van der Waals surface area contributed by atoms with E-state index in [-0.39, 0.29) is 10.6 Å². The summed E-state index contributed by atoms with van der Waals surface area (Å²) >= 11 is 1.57. The number of aromatic amines is 1. The van der Waals surface area contributed by atoms with Gasteiger partial charge in [-0.25, -0.2) is 13.2 Å². The minimum atomic E-state index is -3.57. The van der Waals surface area contributed by atoms with Gasteiger partial charge < -0.3 is 4.98 Å². The molecule has 0 spiro atoms. The maximum atomic E-state index is 12.9. The number of thiophene rings is 1. The number of rotatable bonds is 6. The molecule has 0 aliphatic rings. The second-order valence-corrected chi connectivity index (χ2v) is 9.11. The highest BCUT2D eigenvalue weighted by atomic mass is 32.2. The average molecular weight is 377 g/mol. The van der Waals surface area contributed by atoms with E-state index in [2.05, 4.69) is 4.98 Å². The highest BCUT2D eigenvalue weighted by Gasteiger charge is 2.29. The quantitative estimate of drug-likeness (QED) is 0.717. The fourth-order valence-electron chi connectivity index (χ4n) is 2.94. The first-order valence-corrected chi connectivity index (χ1v) is 10.5. The maximum Gasteiger partial charge on any atom is 0.326 e. The van der Waals surface area contributed by atoms with Gasteiger partial charge in [0.25, 0.3) is 0 Å². The molecule has 0 saturated heterocycles. The monoisotopic (exact) mass is 376 g/mol. The SMILES string of the molecule is CCc1c([C@H](C)S(=O)(=O)c2ccccc2)[nH]c(=O)n1Cc1cccs1. The van der Waals surface area contributed by atoms with E-state index in [1.54, 1.807) is 53.2 Å². The van der Waals surface area contributed by atoms with Gasteiger partial charge in [0.1, 0.15) is 5.25 Å². The second kappa shape index (κ2) is 7.01. The van der Waals surface area contributed by atoms with Crippen LogP contribution >= 0.6 is 11.3 Å². The minimum absolute atomic E-state index is 0.261. The Bertz CT molecular complexity index is 1000. The van der Waals surface area contributed by atoms with Gasteiger partial charge in [-0.2, -0.15) is 0 Å². The van der Waals surface area contributed by atoms with E-state index in [4.69, 9.17) is 0 Å². The number of nitrogens with one attached hydrogen (secondary N) is 1. The summed E-state index contributed by atoms with van der Waals surface area (Å²) in [5, 5.41) is 1.14. The zero-order valence-electron chi connectivity index (χ0n) is 14.1. The Hall–Kier alpha value is -2.12. The summed E-state index contributed by atoms with van der Waals surface area (Å²) in [5.74, 6) is 0. The van der Waals surface area contributed by atoms with Crippen molar-refractivity contribution in [3.63, 3.8) is 0 Å². The first-order valence-electron chi connectivity index (χ1n) is 8.08. The Morgan fingerprint density at radius 2 is 1.88 bits per heavy atom. The van der Waals surface area contributed by atoms with Gasteiger partial charge in [-0.15, -0.1) is 11.3 Å². The predicted molar refractivity (Wildman–Crippen MR) is 99.9 cm³/mol. The van der Waals surface area contributed by atoms with Crippen LogP contribution in [0.25, 0.3) is 0 Å². The lowest BCUT2D eigenvalue weighted by Crippen LogP contribution is -2.18. The molecule has 2 heterocycles. The van der Waals surface area contributed by atoms with Crippen LogP contribution < -0.4 is 5.69 Å². The predicted octanol–water partition coefficient (Wildman–Crippen LogP) is 3.38. The highest BCUT2D eigenvalue weighted by molar-refractivity contribution is 7.91. The summed E-state index contributed by atoms with van der Waals surface area (Å²) in [6, 6.07) is 12.2. The second-order valence-electron chi connectivity index (χ2n) is 5.81. The van der Waals surface area contributed by atoms with E-state index in [0.717, 1.165) is 10.6 Å². The molecule has 3 aromatic rings. The number of nitrogens with zero attached hydrogens (tertiary/aromatic N) is 1. The smallest absolute Gasteiger partial charge is 0.308 e. The van der Waals surface area contributed by atoms with Crippen LogP contribution in [0.5, 0.6) is 0 Å². The Kier molecular flexibility index (Phi) is 4.96. The third kappa shape index (κ3) is 3.34. The van der Waals surface area contributed by atoms with Gasteiger partial charge in [-0.3, -0.25) is 4.57 Å². The Labute approximate surface area is 150 Å². The topological polar surface area (TPSA) is 71.9 Å². The standard InChI is InChI=1S/C18H20N2O3S2/c1-3-16-17(13(2)25(22,23)15-9-5-4-6-10-15)19-18(21)20(16)12-14-8-7-11-24-14/h4-11,13H,3,12H2,1-2H3,(H,19,21)/t13-/m0/s1. The number of sulfone groups is 1. The summed E-state index contributed by atoms with van der Waals surface area (Å²) < 4.78 is 27.5. The van der Waals surface area contributed by atoms with Crippen LogP contribution in [0.4, 0.5) is 0 Å². The lowest BCUT2D eigenvalue weighted by molar-refractivity contribution is 0.584. The third-order valence-corrected chi connectivity index (χ3v) is 7.25. The van der Waals surface area contributed by atoms with Crippen LogP contribution in [0.15, 0.2) is 57.5 Å². The van der Waals surface area contributed by atoms with Crippen LogP contribution in [-0.4, -0.2) is 18.0 Å². The third-order valence-electron chi connectivity index (χ3n) is 4.30. The van der Waals surface area contributed by atoms with Gasteiger partial charge in [-0.1, -0.05) is 31.2 Å². The molecule has 7 heteroatoms. The maximum absolute atomic E-state index is 12.9. The van der Waals surface area contributed by atoms with Gasteiger partial charge in [0, 0.05) is 10.6 Å². The van der Waals surface area contributed by atoms with Gasteiger partial charge in [-0.05, 0) is 36.9 Å². The van der Waals surface area contributed by atoms with Crippen molar-refractivity contribution in [1.29, 1.82) is 0 Å². The van der Waals surface area contributed by atoms with Crippen LogP contribution in [-0.2, 0) is 22.8 Å². The van der Waals surface area contributed by atoms with Crippen molar-refractivity contribution in [3.8, 4) is 0 Å². The Balaban J connectivity index is 2.04. The molecular formula is C18H20N2O3S2. The average Bonchev–Trinajstić information content (AvgIpc) is 3.23. The molecule has 5 nitrogen and oxygen atoms in total. The zero-order chi connectivity index (χ0) is 18.0. The van der Waals surface area contributed by atoms with Crippen LogP contribution in [0.1, 0.15) is 35.4 Å². The van der Waals surface area contributed by atoms with Crippen molar-refractivity contribution in [3.05, 3.63) is 74.6 Å². The van der Waals surface area contributed by atoms with E-state index >= 15 is 0 Å². The Morgan fingerprint density at radius 3 is 2.48 bits per heavy atom. The molecule has 0 unspecified atom stereocenters. The molecule has 0 bridgehead atoms. The van der Waals surface area contributed by atoms with E-state index < -0.39 is 15.1 Å². The first-order chi connectivity index (χ1) is 11.9. The summed E-state index contributed by atoms with van der Waals surface area (Å²) in [7, 11) is -3.57. The van der Waals surface area contributed by atoms with Crippen molar-refractivity contribution in [2.24, 2.45) is 0 Å². The van der Waals surface area contributed by atoms with Crippen molar-refractivity contribution in [2.75, 3.05) is 0 Å². The Morgan fingerprint density at radius 1 is 1.16 bits per heavy atom. The normalized spacial score (nSPS) is 13.0. The number of H-pyrrole nitrogens is 1. The van der Waals surface area contributed by atoms with Crippen molar-refractivity contribution in [2.45, 2.75) is 37.0 Å². The number of hydrogen-bond donors (Lipinski definition) is 1. The molecule has 0 aliphatic carbocycles. The number of imidazole rings is 1. The molecule has 0 saturated carbocycles. The molecule has 132 valence electrons. The molecule has 1 atom stereocenters. The van der Waals surface area contributed by atoms with Crippen LogP contribution in [0, 0.1) is 0 Å². The summed E-state index contributed by atoms with van der Waals surface area (Å²) in [5.41, 5.74) is 0.952. The number of aromatic nitrogens is 2. The number of hydrogen-bond acceptors (Lipinski definition) is 4. The molecule has 1 aromatic carbocycles. The summed E-state index contributed by atoms with van der Waals surface area (Å²) in [6.45, 7) is 4.01. The van der Waals surface area contributed by atoms with Crippen LogP contribution in [0.2, 0.25) is 0 Å². The lowest BCUT2D eigenvalue weighted by Gasteiger charge is -2.14. The van der Waals surface area contributed by atoms with Gasteiger partial charge >= 0.3 is 5.69 Å². The van der Waals surface area contributed by atoms with Gasteiger partial charge in [0.15, 0.2) is 9.84 Å². The summed E-state index contributed by atoms with van der Waals surface area (Å²) in [6.07, 6.45) is 0.577. The fourth-order valence-corrected chi connectivity index (χ4v) is 5.08. The molecular weight excluding hydrogens is 356 g/mol. The first kappa shape index (κ1) is 17.7. The van der Waals surface area contributed by atoms with Crippen LogP contribution in [0.3, 0.4) is 0 Å². The molecule has 0 fully saturated rings. The minimum Gasteiger partial charge on any atom is -0.308 e. The van der Waals surface area contributed by atoms with E-state index in [9.17, 15) is 13.2 Å². The number of benzene rings is 1. The van der Waals surface area contributed by atoms with E-state index in [1.165, 1.54) is 0 Å². The van der Waals surface area contributed by atoms with Gasteiger partial charge in [0.2, 0.25) is 0 Å². The molecule has 0 amide bonds. The van der Waals surface area contributed by atoms with Crippen molar-refractivity contribution >= 4 is 21.2 Å². The van der Waals surface area contributed by atoms with E-state index in [1.807, 2.05) is 24.4 Å². The molecule has 2 aromatic heterocycles. The van der Waals surface area contributed by atoms with Crippen molar-refractivity contribution < 1.29 is 8.42 Å². The largest absolute Gasteiger partial charge is 0.326 e. The molecule has 0 aliphatic heterocycles. The molecule has 3 rings (SSSR count). The summed E-state index contributed by atoms with van der Waals surface area (Å²) in [4.78, 5) is 16.5. The van der Waals surface area contributed by atoms with Crippen molar-refractivity contribution in [1.82, 2.24) is 9.55 Å². The van der Waals surface area contributed by atoms with E-state index in [0.29, 0.717) is 18.7 Å².